The zero-order valence-corrected chi connectivity index (χ0v) is 32.1. The van der Waals surface area contributed by atoms with E-state index in [0.717, 1.165) is 84.0 Å². The van der Waals surface area contributed by atoms with Crippen LogP contribution in [0.15, 0.2) is 201 Å². The molecule has 5 heterocycles. The van der Waals surface area contributed by atoms with Crippen LogP contribution >= 0.6 is 0 Å². The highest BCUT2D eigenvalue weighted by molar-refractivity contribution is 5.90. The molecule has 282 valence electrons. The molecule has 60 heavy (non-hydrogen) atoms. The van der Waals surface area contributed by atoms with Crippen LogP contribution in [0.4, 0.5) is 0 Å². The fourth-order valence-corrected chi connectivity index (χ4v) is 7.86. The summed E-state index contributed by atoms with van der Waals surface area (Å²) in [6, 6.07) is 59.4. The van der Waals surface area contributed by atoms with Crippen LogP contribution in [0.1, 0.15) is 0 Å². The lowest BCUT2D eigenvalue weighted by atomic mass is 10.0. The first kappa shape index (κ1) is 34.8. The van der Waals surface area contributed by atoms with E-state index in [1.54, 1.807) is 24.8 Å². The Labute approximate surface area is 345 Å². The van der Waals surface area contributed by atoms with Gasteiger partial charge in [-0.15, -0.1) is 0 Å². The SMILES string of the molecule is c1ccc(-c2ccc(-c3nc(-c4ccccc4-c4nc5ccccc5n4-c4ccncc4)nc(-c4ccccc4-c4nc5ccccc5n4-c4ccncc4)n3)cc2)cc1. The molecule has 0 saturated carbocycles. The van der Waals surface area contributed by atoms with E-state index in [4.69, 9.17) is 24.9 Å². The van der Waals surface area contributed by atoms with Gasteiger partial charge in [0.1, 0.15) is 11.6 Å². The van der Waals surface area contributed by atoms with Crippen molar-refractivity contribution in [2.45, 2.75) is 0 Å². The minimum absolute atomic E-state index is 0.517. The van der Waals surface area contributed by atoms with Gasteiger partial charge in [-0.2, -0.15) is 0 Å². The minimum atomic E-state index is 0.517. The summed E-state index contributed by atoms with van der Waals surface area (Å²) in [7, 11) is 0. The van der Waals surface area contributed by atoms with Crippen molar-refractivity contribution in [2.24, 2.45) is 0 Å². The second-order valence-corrected chi connectivity index (χ2v) is 14.3. The Bertz CT molecular complexity index is 3130. The molecular weight excluding hydrogens is 739 g/mol. The Morgan fingerprint density at radius 1 is 0.283 bits per heavy atom. The number of benzene rings is 6. The van der Waals surface area contributed by atoms with Crippen LogP contribution < -0.4 is 0 Å². The molecule has 0 aliphatic carbocycles. The average Bonchev–Trinajstić information content (AvgIpc) is 3.92. The summed E-state index contributed by atoms with van der Waals surface area (Å²) in [6.45, 7) is 0. The van der Waals surface area contributed by atoms with Crippen molar-refractivity contribution < 1.29 is 0 Å². The number of imidazole rings is 2. The topological polar surface area (TPSA) is 100 Å². The summed E-state index contributed by atoms with van der Waals surface area (Å²) in [4.78, 5) is 34.9. The summed E-state index contributed by atoms with van der Waals surface area (Å²) in [5.74, 6) is 3.11. The Kier molecular flexibility index (Phi) is 8.59. The molecule has 5 aromatic heterocycles. The van der Waals surface area contributed by atoms with Crippen molar-refractivity contribution in [1.82, 2.24) is 44.0 Å². The summed E-state index contributed by atoms with van der Waals surface area (Å²) in [5.41, 5.74) is 12.1. The van der Waals surface area contributed by atoms with Gasteiger partial charge in [-0.3, -0.25) is 19.1 Å². The van der Waals surface area contributed by atoms with Gasteiger partial charge in [-0.25, -0.2) is 24.9 Å². The van der Waals surface area contributed by atoms with E-state index >= 15 is 0 Å². The molecule has 0 amide bonds. The maximum atomic E-state index is 5.33. The molecule has 0 spiro atoms. The molecule has 6 aromatic carbocycles. The summed E-state index contributed by atoms with van der Waals surface area (Å²) < 4.78 is 4.33. The number of nitrogens with zero attached hydrogens (tertiary/aromatic N) is 9. The molecule has 0 unspecified atom stereocenters. The summed E-state index contributed by atoms with van der Waals surface area (Å²) in [5, 5.41) is 0. The van der Waals surface area contributed by atoms with Gasteiger partial charge in [0, 0.05) is 52.6 Å². The highest BCUT2D eigenvalue weighted by Gasteiger charge is 2.23. The van der Waals surface area contributed by atoms with Crippen LogP contribution in [-0.2, 0) is 0 Å². The maximum absolute atomic E-state index is 5.33. The molecule has 0 radical (unpaired) electrons. The van der Waals surface area contributed by atoms with Crippen LogP contribution in [0.25, 0.3) is 102 Å². The second-order valence-electron chi connectivity index (χ2n) is 14.3. The molecular formula is C51H33N9. The second kappa shape index (κ2) is 14.8. The zero-order valence-electron chi connectivity index (χ0n) is 32.1. The van der Waals surface area contributed by atoms with Gasteiger partial charge in [0.15, 0.2) is 17.5 Å². The van der Waals surface area contributed by atoms with Gasteiger partial charge in [0.05, 0.1) is 33.4 Å². The van der Waals surface area contributed by atoms with E-state index in [0.29, 0.717) is 17.5 Å². The van der Waals surface area contributed by atoms with Crippen LogP contribution in [0, 0.1) is 0 Å². The van der Waals surface area contributed by atoms with E-state index in [2.05, 4.69) is 104 Å². The van der Waals surface area contributed by atoms with Gasteiger partial charge in [0.25, 0.3) is 0 Å². The first-order valence-corrected chi connectivity index (χ1v) is 19.6. The molecule has 0 fully saturated rings. The van der Waals surface area contributed by atoms with E-state index in [9.17, 15) is 0 Å². The third kappa shape index (κ3) is 6.18. The van der Waals surface area contributed by atoms with Crippen LogP contribution in [0.3, 0.4) is 0 Å². The standard InChI is InChI=1S/C51H33N9/c1-2-12-34(13-3-1)35-22-24-36(25-23-35)47-56-48(39-14-4-6-16-41(39)50-54-43-18-8-10-20-45(43)59(50)37-26-30-52-31-27-37)58-49(57-47)40-15-5-7-17-42(40)51-55-44-19-9-11-21-46(44)60(51)38-28-32-53-33-29-38/h1-33H. The highest BCUT2D eigenvalue weighted by Crippen LogP contribution is 2.38. The Morgan fingerprint density at radius 3 is 1.17 bits per heavy atom. The number of hydrogen-bond donors (Lipinski definition) is 0. The molecule has 0 saturated heterocycles. The summed E-state index contributed by atoms with van der Waals surface area (Å²) >= 11 is 0. The predicted molar refractivity (Wildman–Crippen MR) is 237 cm³/mol. The van der Waals surface area contributed by atoms with Gasteiger partial charge in [0.2, 0.25) is 0 Å². The number of pyridine rings is 2. The van der Waals surface area contributed by atoms with Gasteiger partial charge >= 0.3 is 0 Å². The molecule has 0 aliphatic rings. The first-order valence-electron chi connectivity index (χ1n) is 19.6. The molecule has 9 nitrogen and oxygen atoms in total. The van der Waals surface area contributed by atoms with Gasteiger partial charge in [-0.1, -0.05) is 127 Å². The number of rotatable bonds is 8. The molecule has 0 N–H and O–H groups in total. The van der Waals surface area contributed by atoms with Gasteiger partial charge in [-0.05, 0) is 59.7 Å². The quantitative estimate of drug-likeness (QED) is 0.152. The monoisotopic (exact) mass is 771 g/mol. The van der Waals surface area contributed by atoms with Crippen molar-refractivity contribution in [3.63, 3.8) is 0 Å². The van der Waals surface area contributed by atoms with Crippen molar-refractivity contribution in [2.75, 3.05) is 0 Å². The highest BCUT2D eigenvalue weighted by atomic mass is 15.1. The Balaban J connectivity index is 1.14. The lowest BCUT2D eigenvalue weighted by Crippen LogP contribution is -2.04. The minimum Gasteiger partial charge on any atom is -0.292 e. The number of fused-ring (bicyclic) bond motifs is 2. The lowest BCUT2D eigenvalue weighted by Gasteiger charge is -2.15. The van der Waals surface area contributed by atoms with E-state index in [1.165, 1.54) is 0 Å². The van der Waals surface area contributed by atoms with E-state index < -0.39 is 0 Å². The van der Waals surface area contributed by atoms with E-state index in [1.807, 2.05) is 91.0 Å². The first-order chi connectivity index (χ1) is 29.8. The molecule has 0 bridgehead atoms. The third-order valence-corrected chi connectivity index (χ3v) is 10.7. The van der Waals surface area contributed by atoms with Gasteiger partial charge < -0.3 is 0 Å². The predicted octanol–water partition coefficient (Wildman–Crippen LogP) is 11.3. The fourth-order valence-electron chi connectivity index (χ4n) is 7.86. The molecule has 9 heteroatoms. The van der Waals surface area contributed by atoms with Crippen LogP contribution in [0.2, 0.25) is 0 Å². The number of para-hydroxylation sites is 4. The average molecular weight is 772 g/mol. The summed E-state index contributed by atoms with van der Waals surface area (Å²) in [6.07, 6.45) is 7.20. The number of aromatic nitrogens is 9. The van der Waals surface area contributed by atoms with Crippen molar-refractivity contribution in [3.05, 3.63) is 201 Å². The molecule has 0 aliphatic heterocycles. The Morgan fingerprint density at radius 2 is 0.667 bits per heavy atom. The van der Waals surface area contributed by atoms with E-state index in [-0.39, 0.29) is 0 Å². The number of hydrogen-bond acceptors (Lipinski definition) is 7. The normalized spacial score (nSPS) is 11.3. The Hall–Kier alpha value is -8.43. The molecule has 11 aromatic rings. The lowest BCUT2D eigenvalue weighted by molar-refractivity contribution is 1.06. The largest absolute Gasteiger partial charge is 0.292 e. The van der Waals surface area contributed by atoms with Crippen molar-refractivity contribution in [1.29, 1.82) is 0 Å². The fraction of sp³-hybridized carbons (Fsp3) is 0. The van der Waals surface area contributed by atoms with Crippen molar-refractivity contribution >= 4 is 22.1 Å². The maximum Gasteiger partial charge on any atom is 0.164 e. The smallest absolute Gasteiger partial charge is 0.164 e. The zero-order chi connectivity index (χ0) is 39.8. The molecule has 0 atom stereocenters. The van der Waals surface area contributed by atoms with Crippen LogP contribution in [0.5, 0.6) is 0 Å². The van der Waals surface area contributed by atoms with Crippen molar-refractivity contribution in [3.8, 4) is 79.4 Å². The molecule has 11 rings (SSSR count). The third-order valence-electron chi connectivity index (χ3n) is 10.7. The van der Waals surface area contributed by atoms with Crippen LogP contribution in [-0.4, -0.2) is 44.0 Å².